The lowest BCUT2D eigenvalue weighted by molar-refractivity contribution is 0.0690. The lowest BCUT2D eigenvalue weighted by atomic mass is 10.1. The topological polar surface area (TPSA) is 53.4 Å². The lowest BCUT2D eigenvalue weighted by Crippen LogP contribution is -2.08. The highest BCUT2D eigenvalue weighted by atomic mass is 35.5. The monoisotopic (exact) mass is 250 g/mol. The smallest absolute Gasteiger partial charge is 0.354 e. The molecule has 0 atom stereocenters. The summed E-state index contributed by atoms with van der Waals surface area (Å²) in [7, 11) is 3.84. The zero-order chi connectivity index (χ0) is 12.6. The van der Waals surface area contributed by atoms with E-state index in [1.54, 1.807) is 0 Å². The molecule has 5 heteroatoms. The van der Waals surface area contributed by atoms with Crippen LogP contribution in [0, 0.1) is 0 Å². The van der Waals surface area contributed by atoms with Crippen molar-refractivity contribution in [3.63, 3.8) is 0 Å². The van der Waals surface area contributed by atoms with E-state index < -0.39 is 5.97 Å². The van der Waals surface area contributed by atoms with Crippen LogP contribution in [0.25, 0.3) is 10.8 Å². The van der Waals surface area contributed by atoms with Crippen LogP contribution in [0.15, 0.2) is 24.3 Å². The minimum absolute atomic E-state index is 0.0431. The van der Waals surface area contributed by atoms with Crippen LogP contribution in [0.4, 0.5) is 5.69 Å². The summed E-state index contributed by atoms with van der Waals surface area (Å²) in [4.78, 5) is 16.7. The number of benzene rings is 1. The number of rotatable bonds is 2. The Morgan fingerprint density at radius 1 is 1.35 bits per heavy atom. The fraction of sp³-hybridized carbons (Fsp3) is 0.167. The first-order chi connectivity index (χ1) is 7.99. The van der Waals surface area contributed by atoms with E-state index in [-0.39, 0.29) is 10.8 Å². The van der Waals surface area contributed by atoms with Gasteiger partial charge in [-0.3, -0.25) is 0 Å². The Hall–Kier alpha value is -1.81. The zero-order valence-electron chi connectivity index (χ0n) is 9.44. The molecule has 1 aromatic carbocycles. The van der Waals surface area contributed by atoms with Gasteiger partial charge in [-0.2, -0.15) is 0 Å². The third kappa shape index (κ3) is 2.17. The quantitative estimate of drug-likeness (QED) is 0.833. The second-order valence-corrected chi connectivity index (χ2v) is 4.26. The lowest BCUT2D eigenvalue weighted by Gasteiger charge is -2.13. The van der Waals surface area contributed by atoms with Gasteiger partial charge in [-0.15, -0.1) is 0 Å². The second kappa shape index (κ2) is 4.22. The van der Waals surface area contributed by atoms with Crippen LogP contribution < -0.4 is 4.90 Å². The van der Waals surface area contributed by atoms with E-state index in [1.807, 2.05) is 37.2 Å². The summed E-state index contributed by atoms with van der Waals surface area (Å²) in [5.41, 5.74) is 0.939. The van der Waals surface area contributed by atoms with Crippen LogP contribution in [0.3, 0.4) is 0 Å². The third-order valence-corrected chi connectivity index (χ3v) is 2.79. The fourth-order valence-corrected chi connectivity index (χ4v) is 1.85. The Bertz CT molecular complexity index is 596. The number of halogens is 1. The number of aromatic carboxylic acids is 1. The van der Waals surface area contributed by atoms with Crippen molar-refractivity contribution in [2.45, 2.75) is 0 Å². The van der Waals surface area contributed by atoms with Crippen LogP contribution in [-0.2, 0) is 0 Å². The molecule has 2 rings (SSSR count). The summed E-state index contributed by atoms with van der Waals surface area (Å²) < 4.78 is 0. The molecular formula is C12H11ClN2O2. The number of nitrogens with zero attached hydrogens (tertiary/aromatic N) is 2. The number of carboxylic acids is 1. The first-order valence-corrected chi connectivity index (χ1v) is 5.38. The number of aromatic nitrogens is 1. The SMILES string of the molecule is CN(C)c1ccc2c(Cl)nc(C(=O)O)cc2c1. The number of carboxylic acid groups (broad SMARTS) is 1. The first kappa shape index (κ1) is 11.7. The number of carbonyl (C=O) groups is 1. The molecule has 88 valence electrons. The number of hydrogen-bond acceptors (Lipinski definition) is 3. The zero-order valence-corrected chi connectivity index (χ0v) is 10.2. The summed E-state index contributed by atoms with van der Waals surface area (Å²) in [6, 6.07) is 7.16. The van der Waals surface area contributed by atoms with E-state index >= 15 is 0 Å². The van der Waals surface area contributed by atoms with Gasteiger partial charge in [0.15, 0.2) is 5.69 Å². The Morgan fingerprint density at radius 2 is 2.06 bits per heavy atom. The average molecular weight is 251 g/mol. The fourth-order valence-electron chi connectivity index (χ4n) is 1.59. The molecule has 0 unspecified atom stereocenters. The Labute approximate surface area is 103 Å². The van der Waals surface area contributed by atoms with Gasteiger partial charge in [-0.1, -0.05) is 11.6 Å². The van der Waals surface area contributed by atoms with E-state index in [0.717, 1.165) is 16.5 Å². The van der Waals surface area contributed by atoms with Gasteiger partial charge in [0, 0.05) is 25.2 Å². The molecule has 0 aliphatic heterocycles. The average Bonchev–Trinajstić information content (AvgIpc) is 2.27. The number of pyridine rings is 1. The van der Waals surface area contributed by atoms with Gasteiger partial charge in [-0.05, 0) is 29.7 Å². The van der Waals surface area contributed by atoms with Crippen molar-refractivity contribution in [3.8, 4) is 0 Å². The second-order valence-electron chi connectivity index (χ2n) is 3.90. The molecule has 1 aromatic heterocycles. The van der Waals surface area contributed by atoms with E-state index in [2.05, 4.69) is 4.98 Å². The summed E-state index contributed by atoms with van der Waals surface area (Å²) in [6.45, 7) is 0. The molecule has 1 heterocycles. The van der Waals surface area contributed by atoms with Gasteiger partial charge in [0.25, 0.3) is 0 Å². The Morgan fingerprint density at radius 3 is 2.65 bits per heavy atom. The highest BCUT2D eigenvalue weighted by Gasteiger charge is 2.10. The van der Waals surface area contributed by atoms with Crippen molar-refractivity contribution in [2.24, 2.45) is 0 Å². The molecule has 4 nitrogen and oxygen atoms in total. The highest BCUT2D eigenvalue weighted by Crippen LogP contribution is 2.26. The van der Waals surface area contributed by atoms with Gasteiger partial charge in [0.2, 0.25) is 0 Å². The summed E-state index contributed by atoms with van der Waals surface area (Å²) >= 11 is 5.95. The number of anilines is 1. The first-order valence-electron chi connectivity index (χ1n) is 5.00. The standard InChI is InChI=1S/C12H11ClN2O2/c1-15(2)8-3-4-9-7(5-8)6-10(12(16)17)14-11(9)13/h3-6H,1-2H3,(H,16,17). The molecule has 0 fully saturated rings. The van der Waals surface area contributed by atoms with Crippen LogP contribution in [0.2, 0.25) is 5.15 Å². The molecule has 2 aromatic rings. The molecule has 17 heavy (non-hydrogen) atoms. The Kier molecular flexibility index (Phi) is 2.90. The van der Waals surface area contributed by atoms with Crippen molar-refractivity contribution in [1.82, 2.24) is 4.98 Å². The molecule has 0 spiro atoms. The summed E-state index contributed by atoms with van der Waals surface area (Å²) in [6.07, 6.45) is 0. The number of fused-ring (bicyclic) bond motifs is 1. The molecule has 0 amide bonds. The minimum atomic E-state index is -1.08. The van der Waals surface area contributed by atoms with Crippen molar-refractivity contribution in [1.29, 1.82) is 0 Å². The largest absolute Gasteiger partial charge is 0.477 e. The van der Waals surface area contributed by atoms with Gasteiger partial charge >= 0.3 is 5.97 Å². The molecule has 0 aliphatic rings. The molecule has 1 N–H and O–H groups in total. The van der Waals surface area contributed by atoms with Crippen LogP contribution in [0.1, 0.15) is 10.5 Å². The van der Waals surface area contributed by atoms with E-state index in [0.29, 0.717) is 0 Å². The van der Waals surface area contributed by atoms with Crippen LogP contribution in [-0.4, -0.2) is 30.2 Å². The van der Waals surface area contributed by atoms with Crippen molar-refractivity contribution >= 4 is 34.0 Å². The van der Waals surface area contributed by atoms with Crippen LogP contribution in [0.5, 0.6) is 0 Å². The van der Waals surface area contributed by atoms with E-state index in [4.69, 9.17) is 16.7 Å². The summed E-state index contributed by atoms with van der Waals surface area (Å²) in [5.74, 6) is -1.08. The summed E-state index contributed by atoms with van der Waals surface area (Å²) in [5, 5.41) is 10.7. The molecule has 0 radical (unpaired) electrons. The van der Waals surface area contributed by atoms with Crippen LogP contribution >= 0.6 is 11.6 Å². The molecule has 0 saturated heterocycles. The van der Waals surface area contributed by atoms with Gasteiger partial charge < -0.3 is 10.0 Å². The maximum Gasteiger partial charge on any atom is 0.354 e. The van der Waals surface area contributed by atoms with Crippen molar-refractivity contribution in [2.75, 3.05) is 19.0 Å². The maximum absolute atomic E-state index is 10.9. The van der Waals surface area contributed by atoms with E-state index in [9.17, 15) is 4.79 Å². The van der Waals surface area contributed by atoms with E-state index in [1.165, 1.54) is 6.07 Å². The molecule has 0 bridgehead atoms. The van der Waals surface area contributed by atoms with Gasteiger partial charge in [-0.25, -0.2) is 9.78 Å². The predicted molar refractivity (Wildman–Crippen MR) is 68.0 cm³/mol. The van der Waals surface area contributed by atoms with Gasteiger partial charge in [0.1, 0.15) is 5.15 Å². The molecule has 0 saturated carbocycles. The Balaban J connectivity index is 2.70. The number of hydrogen-bond donors (Lipinski definition) is 1. The predicted octanol–water partition coefficient (Wildman–Crippen LogP) is 2.65. The maximum atomic E-state index is 10.9. The normalized spacial score (nSPS) is 10.5. The molecule has 0 aliphatic carbocycles. The van der Waals surface area contributed by atoms with Crippen molar-refractivity contribution < 1.29 is 9.90 Å². The highest BCUT2D eigenvalue weighted by molar-refractivity contribution is 6.34. The van der Waals surface area contributed by atoms with Crippen molar-refractivity contribution in [3.05, 3.63) is 35.1 Å². The third-order valence-electron chi connectivity index (χ3n) is 2.50. The molecular weight excluding hydrogens is 240 g/mol. The minimum Gasteiger partial charge on any atom is -0.477 e. The van der Waals surface area contributed by atoms with Gasteiger partial charge in [0.05, 0.1) is 0 Å².